The van der Waals surface area contributed by atoms with E-state index in [-0.39, 0.29) is 11.5 Å². The van der Waals surface area contributed by atoms with Crippen LogP contribution in [0.2, 0.25) is 0 Å². The second-order valence-corrected chi connectivity index (χ2v) is 6.75. The highest BCUT2D eigenvalue weighted by atomic mass is 16.6. The van der Waals surface area contributed by atoms with Crippen LogP contribution in [0.15, 0.2) is 36.1 Å². The SMILES string of the molecule is CCCCCCC(CC)(OC(=O)C(OC)=C(OC)c1ccccc1)C(O)CO. The Bertz CT molecular complexity index is 613. The number of esters is 1. The van der Waals surface area contributed by atoms with Gasteiger partial charge in [-0.25, -0.2) is 4.79 Å². The maximum absolute atomic E-state index is 13.0. The molecule has 158 valence electrons. The van der Waals surface area contributed by atoms with Crippen molar-refractivity contribution in [3.63, 3.8) is 0 Å². The number of carbonyl (C=O) groups is 1. The van der Waals surface area contributed by atoms with Gasteiger partial charge in [0.1, 0.15) is 11.7 Å². The summed E-state index contributed by atoms with van der Waals surface area (Å²) in [6, 6.07) is 9.10. The molecule has 0 saturated carbocycles. The number of benzene rings is 1. The predicted octanol–water partition coefficient (Wildman–Crippen LogP) is 3.66. The third-order valence-electron chi connectivity index (χ3n) is 4.96. The van der Waals surface area contributed by atoms with Crippen molar-refractivity contribution in [1.29, 1.82) is 0 Å². The van der Waals surface area contributed by atoms with E-state index in [0.29, 0.717) is 18.4 Å². The first-order chi connectivity index (χ1) is 13.5. The van der Waals surface area contributed by atoms with Crippen LogP contribution < -0.4 is 0 Å². The van der Waals surface area contributed by atoms with Crippen molar-refractivity contribution < 1.29 is 29.2 Å². The van der Waals surface area contributed by atoms with Gasteiger partial charge in [-0.05, 0) is 19.3 Å². The third kappa shape index (κ3) is 6.24. The summed E-state index contributed by atoms with van der Waals surface area (Å²) in [5.74, 6) is -0.555. The molecule has 0 radical (unpaired) electrons. The minimum atomic E-state index is -1.18. The van der Waals surface area contributed by atoms with Crippen LogP contribution >= 0.6 is 0 Å². The molecule has 2 unspecified atom stereocenters. The van der Waals surface area contributed by atoms with Gasteiger partial charge in [-0.3, -0.25) is 0 Å². The van der Waals surface area contributed by atoms with Gasteiger partial charge >= 0.3 is 5.97 Å². The maximum atomic E-state index is 13.0. The van der Waals surface area contributed by atoms with Crippen molar-refractivity contribution in [2.45, 2.75) is 64.1 Å². The lowest BCUT2D eigenvalue weighted by atomic mass is 9.87. The Morgan fingerprint density at radius 3 is 2.25 bits per heavy atom. The molecular weight excluding hydrogens is 360 g/mol. The predicted molar refractivity (Wildman–Crippen MR) is 108 cm³/mol. The van der Waals surface area contributed by atoms with Gasteiger partial charge in [0.25, 0.3) is 0 Å². The molecule has 2 N–H and O–H groups in total. The quantitative estimate of drug-likeness (QED) is 0.230. The summed E-state index contributed by atoms with van der Waals surface area (Å²) >= 11 is 0. The average molecular weight is 395 g/mol. The van der Waals surface area contributed by atoms with E-state index in [0.717, 1.165) is 25.7 Å². The van der Waals surface area contributed by atoms with E-state index in [2.05, 4.69) is 6.92 Å². The molecule has 2 atom stereocenters. The van der Waals surface area contributed by atoms with Crippen LogP contribution in [-0.4, -0.2) is 48.7 Å². The summed E-state index contributed by atoms with van der Waals surface area (Å²) < 4.78 is 16.5. The van der Waals surface area contributed by atoms with E-state index in [1.54, 1.807) is 12.1 Å². The van der Waals surface area contributed by atoms with Crippen LogP contribution in [-0.2, 0) is 19.0 Å². The number of methoxy groups -OCH3 is 2. The zero-order valence-corrected chi connectivity index (χ0v) is 17.4. The van der Waals surface area contributed by atoms with Gasteiger partial charge in [-0.1, -0.05) is 63.4 Å². The van der Waals surface area contributed by atoms with Gasteiger partial charge in [-0.2, -0.15) is 0 Å². The van der Waals surface area contributed by atoms with Gasteiger partial charge in [-0.15, -0.1) is 0 Å². The molecular formula is C22H34O6. The van der Waals surface area contributed by atoms with Crippen LogP contribution in [0.4, 0.5) is 0 Å². The third-order valence-corrected chi connectivity index (χ3v) is 4.96. The van der Waals surface area contributed by atoms with Crippen molar-refractivity contribution in [2.75, 3.05) is 20.8 Å². The first-order valence-electron chi connectivity index (χ1n) is 9.89. The van der Waals surface area contributed by atoms with Crippen molar-refractivity contribution in [2.24, 2.45) is 0 Å². The molecule has 1 aromatic carbocycles. The van der Waals surface area contributed by atoms with Gasteiger partial charge in [0.15, 0.2) is 5.76 Å². The Labute approximate surface area is 168 Å². The zero-order valence-electron chi connectivity index (χ0n) is 17.4. The van der Waals surface area contributed by atoms with E-state index in [1.807, 2.05) is 25.1 Å². The van der Waals surface area contributed by atoms with E-state index in [1.165, 1.54) is 14.2 Å². The number of carbonyl (C=O) groups excluding carboxylic acids is 1. The second kappa shape index (κ2) is 12.4. The number of aliphatic hydroxyl groups is 2. The van der Waals surface area contributed by atoms with Crippen LogP contribution in [0.25, 0.3) is 5.76 Å². The molecule has 6 heteroatoms. The molecule has 0 aliphatic carbocycles. The van der Waals surface area contributed by atoms with E-state index >= 15 is 0 Å². The van der Waals surface area contributed by atoms with Crippen LogP contribution in [0.3, 0.4) is 0 Å². The number of rotatable bonds is 13. The van der Waals surface area contributed by atoms with Crippen LogP contribution in [0.5, 0.6) is 0 Å². The maximum Gasteiger partial charge on any atom is 0.378 e. The van der Waals surface area contributed by atoms with Crippen molar-refractivity contribution in [3.05, 3.63) is 41.7 Å². The first-order valence-corrected chi connectivity index (χ1v) is 9.89. The van der Waals surface area contributed by atoms with Crippen molar-refractivity contribution in [3.8, 4) is 0 Å². The Hall–Kier alpha value is -2.05. The fraction of sp³-hybridized carbons (Fsp3) is 0.591. The highest BCUT2D eigenvalue weighted by Gasteiger charge is 2.41. The molecule has 0 amide bonds. The standard InChI is InChI=1S/C22H34O6/c1-5-7-8-12-15-22(6-2,18(24)16-23)28-21(25)20(27-4)19(26-3)17-13-10-9-11-14-17/h9-11,13-14,18,23-24H,5-8,12,15-16H2,1-4H3. The Morgan fingerprint density at radius 1 is 1.07 bits per heavy atom. The molecule has 0 aliphatic rings. The fourth-order valence-electron chi connectivity index (χ4n) is 3.22. The lowest BCUT2D eigenvalue weighted by Crippen LogP contribution is -2.48. The molecule has 28 heavy (non-hydrogen) atoms. The Balaban J connectivity index is 3.17. The normalized spacial score (nSPS) is 15.2. The van der Waals surface area contributed by atoms with Crippen LogP contribution in [0.1, 0.15) is 57.9 Å². The number of hydrogen-bond acceptors (Lipinski definition) is 6. The van der Waals surface area contributed by atoms with Gasteiger partial charge in [0.05, 0.1) is 20.8 Å². The Kier molecular flexibility index (Phi) is 10.6. The number of hydrogen-bond donors (Lipinski definition) is 2. The lowest BCUT2D eigenvalue weighted by molar-refractivity contribution is -0.178. The van der Waals surface area contributed by atoms with Gasteiger partial charge < -0.3 is 24.4 Å². The molecule has 0 aliphatic heterocycles. The largest absolute Gasteiger partial charge is 0.492 e. The number of aliphatic hydroxyl groups excluding tert-OH is 2. The van der Waals surface area contributed by atoms with Crippen molar-refractivity contribution >= 4 is 11.7 Å². The molecule has 0 spiro atoms. The van der Waals surface area contributed by atoms with Crippen molar-refractivity contribution in [1.82, 2.24) is 0 Å². The summed E-state index contributed by atoms with van der Waals surface area (Å²) in [5, 5.41) is 20.0. The lowest BCUT2D eigenvalue weighted by Gasteiger charge is -2.36. The highest BCUT2D eigenvalue weighted by molar-refractivity contribution is 5.94. The Morgan fingerprint density at radius 2 is 1.75 bits per heavy atom. The van der Waals surface area contributed by atoms with E-state index < -0.39 is 24.3 Å². The first kappa shape index (κ1) is 24.0. The molecule has 0 saturated heterocycles. The van der Waals surface area contributed by atoms with E-state index in [4.69, 9.17) is 14.2 Å². The molecule has 6 nitrogen and oxygen atoms in total. The summed E-state index contributed by atoms with van der Waals surface area (Å²) in [6.07, 6.45) is 3.55. The summed E-state index contributed by atoms with van der Waals surface area (Å²) in [4.78, 5) is 13.0. The summed E-state index contributed by atoms with van der Waals surface area (Å²) in [5.41, 5.74) is -0.509. The van der Waals surface area contributed by atoms with Gasteiger partial charge in [0.2, 0.25) is 5.76 Å². The fourth-order valence-corrected chi connectivity index (χ4v) is 3.22. The average Bonchev–Trinajstić information content (AvgIpc) is 2.73. The monoisotopic (exact) mass is 394 g/mol. The molecule has 0 fully saturated rings. The summed E-state index contributed by atoms with van der Waals surface area (Å²) in [6.45, 7) is 3.45. The molecule has 0 aromatic heterocycles. The number of ether oxygens (including phenoxy) is 3. The molecule has 1 aromatic rings. The van der Waals surface area contributed by atoms with Gasteiger partial charge in [0, 0.05) is 5.56 Å². The number of unbranched alkanes of at least 4 members (excludes halogenated alkanes) is 3. The topological polar surface area (TPSA) is 85.2 Å². The minimum Gasteiger partial charge on any atom is -0.492 e. The molecule has 0 bridgehead atoms. The van der Waals surface area contributed by atoms with Crippen LogP contribution in [0, 0.1) is 0 Å². The second-order valence-electron chi connectivity index (χ2n) is 6.75. The zero-order chi connectivity index (χ0) is 21.0. The highest BCUT2D eigenvalue weighted by Crippen LogP contribution is 2.31. The summed E-state index contributed by atoms with van der Waals surface area (Å²) in [7, 11) is 2.82. The minimum absolute atomic E-state index is 0.0785. The molecule has 1 rings (SSSR count). The smallest absolute Gasteiger partial charge is 0.378 e. The van der Waals surface area contributed by atoms with E-state index in [9.17, 15) is 15.0 Å². The molecule has 0 heterocycles.